The monoisotopic (exact) mass is 532 g/mol. The number of piperazine rings is 1. The molecule has 1 fully saturated rings. The molecule has 8 nitrogen and oxygen atoms in total. The molecule has 2 N–H and O–H groups in total. The van der Waals surface area contributed by atoms with Gasteiger partial charge in [0, 0.05) is 61.5 Å². The third-order valence-corrected chi connectivity index (χ3v) is 6.19. The molecule has 4 aromatic rings. The average molecular weight is 533 g/mol. The van der Waals surface area contributed by atoms with Crippen molar-refractivity contribution in [2.45, 2.75) is 6.18 Å². The summed E-state index contributed by atoms with van der Waals surface area (Å²) in [6.07, 6.45) is -0.304. The highest BCUT2D eigenvalue weighted by Crippen LogP contribution is 2.30. The Labute approximate surface area is 221 Å². The van der Waals surface area contributed by atoms with E-state index in [2.05, 4.69) is 20.3 Å². The summed E-state index contributed by atoms with van der Waals surface area (Å²) in [5.41, 5.74) is 3.93. The number of hydrogen-bond donors (Lipinski definition) is 2. The van der Waals surface area contributed by atoms with Gasteiger partial charge in [0.2, 0.25) is 0 Å². The molecule has 1 aromatic carbocycles. The molecule has 3 aromatic heterocycles. The minimum absolute atomic E-state index is 0.0257. The fraction of sp³-hybridized carbons (Fsp3) is 0.179. The fourth-order valence-electron chi connectivity index (χ4n) is 4.21. The van der Waals surface area contributed by atoms with Crippen molar-refractivity contribution in [2.24, 2.45) is 0 Å². The Balaban J connectivity index is 1.46. The molecule has 198 valence electrons. The quantitative estimate of drug-likeness (QED) is 0.395. The smallest absolute Gasteiger partial charge is 0.336 e. The number of aromatic nitrogens is 3. The van der Waals surface area contributed by atoms with Crippen LogP contribution in [0.25, 0.3) is 33.6 Å². The van der Waals surface area contributed by atoms with E-state index in [4.69, 9.17) is 0 Å². The van der Waals surface area contributed by atoms with Gasteiger partial charge < -0.3 is 15.5 Å². The number of carbonyl (C=O) groups excluding carboxylic acids is 2. The van der Waals surface area contributed by atoms with E-state index in [0.717, 1.165) is 24.2 Å². The van der Waals surface area contributed by atoms with E-state index in [0.29, 0.717) is 35.5 Å². The standard InChI is InChI=1S/C28H23F3N6O2/c29-28(30,31)27(39)36-25-15-20(14-24(35-25)23-3-1-2-8-34-23)22-13-21(16-33-17-22)18-4-6-19(7-5-18)26(38)37-11-9-32-10-12-37/h1-8,13-17,32H,9-12H2,(H,35,36,39). The van der Waals surface area contributed by atoms with Crippen LogP contribution in [0.15, 0.2) is 79.3 Å². The molecule has 4 heterocycles. The van der Waals surface area contributed by atoms with Crippen molar-refractivity contribution in [3.05, 3.63) is 84.8 Å². The van der Waals surface area contributed by atoms with Crippen molar-refractivity contribution < 1.29 is 22.8 Å². The molecular formula is C28H23F3N6O2. The SMILES string of the molecule is O=C(c1ccc(-c2cncc(-c3cc(NC(=O)C(F)(F)F)nc(-c4ccccn4)c3)c2)cc1)N1CCNCC1. The predicted molar refractivity (Wildman–Crippen MR) is 140 cm³/mol. The third kappa shape index (κ3) is 6.10. The second-order valence-electron chi connectivity index (χ2n) is 8.88. The van der Waals surface area contributed by atoms with E-state index in [1.807, 2.05) is 28.4 Å². The highest BCUT2D eigenvalue weighted by Gasteiger charge is 2.39. The summed E-state index contributed by atoms with van der Waals surface area (Å²) in [5.74, 6) is -2.42. The topological polar surface area (TPSA) is 100 Å². The maximum atomic E-state index is 12.9. The van der Waals surface area contributed by atoms with Crippen molar-refractivity contribution in [3.63, 3.8) is 0 Å². The molecule has 0 bridgehead atoms. The number of rotatable bonds is 5. The summed E-state index contributed by atoms with van der Waals surface area (Å²) in [6, 6.07) is 17.1. The number of nitrogens with zero attached hydrogens (tertiary/aromatic N) is 4. The van der Waals surface area contributed by atoms with Gasteiger partial charge in [0.1, 0.15) is 5.82 Å². The molecule has 0 radical (unpaired) electrons. The maximum absolute atomic E-state index is 12.9. The number of halogens is 3. The third-order valence-electron chi connectivity index (χ3n) is 6.19. The number of alkyl halides is 3. The van der Waals surface area contributed by atoms with Crippen LogP contribution in [0, 0.1) is 0 Å². The summed E-state index contributed by atoms with van der Waals surface area (Å²) < 4.78 is 38.8. The number of anilines is 1. The lowest BCUT2D eigenvalue weighted by Crippen LogP contribution is -2.46. The van der Waals surface area contributed by atoms with E-state index in [1.165, 1.54) is 12.3 Å². The average Bonchev–Trinajstić information content (AvgIpc) is 2.97. The van der Waals surface area contributed by atoms with Crippen LogP contribution in [0.3, 0.4) is 0 Å². The summed E-state index contributed by atoms with van der Waals surface area (Å²) in [4.78, 5) is 38.9. The van der Waals surface area contributed by atoms with Gasteiger partial charge in [0.25, 0.3) is 5.91 Å². The van der Waals surface area contributed by atoms with Crippen LogP contribution in [0.5, 0.6) is 0 Å². The lowest BCUT2D eigenvalue weighted by molar-refractivity contribution is -0.167. The van der Waals surface area contributed by atoms with Gasteiger partial charge in [-0.25, -0.2) is 4.98 Å². The van der Waals surface area contributed by atoms with Crippen molar-refractivity contribution in [3.8, 4) is 33.6 Å². The molecule has 0 spiro atoms. The van der Waals surface area contributed by atoms with Crippen molar-refractivity contribution >= 4 is 17.6 Å². The van der Waals surface area contributed by atoms with E-state index < -0.39 is 12.1 Å². The zero-order valence-corrected chi connectivity index (χ0v) is 20.6. The van der Waals surface area contributed by atoms with Gasteiger partial charge in [-0.2, -0.15) is 13.2 Å². The summed E-state index contributed by atoms with van der Waals surface area (Å²) >= 11 is 0. The zero-order chi connectivity index (χ0) is 27.4. The Morgan fingerprint density at radius 3 is 2.23 bits per heavy atom. The summed E-state index contributed by atoms with van der Waals surface area (Å²) in [6.45, 7) is 2.84. The predicted octanol–water partition coefficient (Wildman–Crippen LogP) is 4.42. The molecular weight excluding hydrogens is 509 g/mol. The first-order valence-electron chi connectivity index (χ1n) is 12.2. The molecule has 5 rings (SSSR count). The van der Waals surface area contributed by atoms with Gasteiger partial charge in [-0.05, 0) is 53.6 Å². The largest absolute Gasteiger partial charge is 0.471 e. The first-order chi connectivity index (χ1) is 18.8. The molecule has 0 atom stereocenters. The van der Waals surface area contributed by atoms with E-state index >= 15 is 0 Å². The Bertz CT molecular complexity index is 1490. The summed E-state index contributed by atoms with van der Waals surface area (Å²) in [7, 11) is 0. The maximum Gasteiger partial charge on any atom is 0.471 e. The zero-order valence-electron chi connectivity index (χ0n) is 20.6. The Morgan fingerprint density at radius 2 is 1.56 bits per heavy atom. The van der Waals surface area contributed by atoms with Crippen molar-refractivity contribution in [1.82, 2.24) is 25.2 Å². The Morgan fingerprint density at radius 1 is 0.846 bits per heavy atom. The van der Waals surface area contributed by atoms with E-state index in [1.54, 1.807) is 48.8 Å². The lowest BCUT2D eigenvalue weighted by atomic mass is 10.0. The number of hydrogen-bond acceptors (Lipinski definition) is 6. The summed E-state index contributed by atoms with van der Waals surface area (Å²) in [5, 5.41) is 5.05. The molecule has 39 heavy (non-hydrogen) atoms. The second kappa shape index (κ2) is 11.0. The number of pyridine rings is 3. The minimum atomic E-state index is -5.07. The molecule has 0 aliphatic carbocycles. The molecule has 0 saturated carbocycles. The normalized spacial score (nSPS) is 13.7. The Kier molecular flexibility index (Phi) is 7.33. The second-order valence-corrected chi connectivity index (χ2v) is 8.88. The van der Waals surface area contributed by atoms with Crippen LogP contribution in [-0.4, -0.2) is 64.0 Å². The van der Waals surface area contributed by atoms with Crippen molar-refractivity contribution in [1.29, 1.82) is 0 Å². The van der Waals surface area contributed by atoms with Gasteiger partial charge >= 0.3 is 12.1 Å². The molecule has 1 aliphatic heterocycles. The van der Waals surface area contributed by atoms with Crippen LogP contribution in [0.4, 0.5) is 19.0 Å². The molecule has 0 unspecified atom stereocenters. The molecule has 11 heteroatoms. The van der Waals surface area contributed by atoms with Gasteiger partial charge in [-0.3, -0.25) is 19.6 Å². The fourth-order valence-corrected chi connectivity index (χ4v) is 4.21. The van der Waals surface area contributed by atoms with Gasteiger partial charge in [0.15, 0.2) is 0 Å². The van der Waals surface area contributed by atoms with Crippen molar-refractivity contribution in [2.75, 3.05) is 31.5 Å². The number of amides is 2. The minimum Gasteiger partial charge on any atom is -0.336 e. The van der Waals surface area contributed by atoms with Gasteiger partial charge in [0.05, 0.1) is 11.4 Å². The van der Waals surface area contributed by atoms with E-state index in [9.17, 15) is 22.8 Å². The van der Waals surface area contributed by atoms with Crippen LogP contribution < -0.4 is 10.6 Å². The lowest BCUT2D eigenvalue weighted by Gasteiger charge is -2.27. The molecule has 1 saturated heterocycles. The number of carbonyl (C=O) groups is 2. The van der Waals surface area contributed by atoms with Crippen LogP contribution in [-0.2, 0) is 4.79 Å². The van der Waals surface area contributed by atoms with E-state index in [-0.39, 0.29) is 17.4 Å². The highest BCUT2D eigenvalue weighted by molar-refractivity contribution is 5.95. The number of benzene rings is 1. The van der Waals surface area contributed by atoms with Gasteiger partial charge in [-0.1, -0.05) is 18.2 Å². The van der Waals surface area contributed by atoms with Crippen LogP contribution in [0.2, 0.25) is 0 Å². The number of nitrogens with one attached hydrogen (secondary N) is 2. The van der Waals surface area contributed by atoms with Gasteiger partial charge in [-0.15, -0.1) is 0 Å². The van der Waals surface area contributed by atoms with Crippen LogP contribution >= 0.6 is 0 Å². The van der Waals surface area contributed by atoms with Crippen LogP contribution in [0.1, 0.15) is 10.4 Å². The first-order valence-corrected chi connectivity index (χ1v) is 12.2. The first kappa shape index (κ1) is 26.0. The Hall–Kier alpha value is -4.64. The molecule has 1 aliphatic rings. The molecule has 2 amide bonds. The highest BCUT2D eigenvalue weighted by atomic mass is 19.4.